The molecule has 4 N–H and O–H groups in total. The highest BCUT2D eigenvalue weighted by Gasteiger charge is 2.66. The maximum atomic E-state index is 12.8. The summed E-state index contributed by atoms with van der Waals surface area (Å²) < 4.78 is 31.5. The quantitative estimate of drug-likeness (QED) is 0.0277. The van der Waals surface area contributed by atoms with Crippen molar-refractivity contribution in [3.63, 3.8) is 0 Å². The number of amides is 4. The average molecular weight is 809 g/mol. The third kappa shape index (κ3) is 18.8. The molecule has 0 aromatic rings. The van der Waals surface area contributed by atoms with E-state index in [1.165, 1.54) is 13.8 Å². The van der Waals surface area contributed by atoms with Crippen LogP contribution in [0.1, 0.15) is 94.9 Å². The molecule has 1 aliphatic carbocycles. The molecule has 0 heterocycles. The summed E-state index contributed by atoms with van der Waals surface area (Å²) in [6.45, 7) is 30.9. The van der Waals surface area contributed by atoms with Gasteiger partial charge in [0.1, 0.15) is 38.6 Å². The van der Waals surface area contributed by atoms with Crippen molar-refractivity contribution in [1.29, 1.82) is 0 Å². The number of ether oxygens (including phenoxy) is 6. The van der Waals surface area contributed by atoms with Crippen molar-refractivity contribution in [3.8, 4) is 0 Å². The molecule has 2 unspecified atom stereocenters. The molecule has 0 radical (unpaired) electrons. The first kappa shape index (κ1) is 50.3. The maximum Gasteiger partial charge on any atom is 0.407 e. The lowest BCUT2D eigenvalue weighted by atomic mass is 9.51. The van der Waals surface area contributed by atoms with Crippen LogP contribution >= 0.6 is 0 Å². The molecule has 0 aliphatic heterocycles. The van der Waals surface area contributed by atoms with Crippen LogP contribution in [0.15, 0.2) is 36.5 Å². The number of carbonyl (C=O) groups excluding carboxylic acids is 6. The monoisotopic (exact) mass is 808 g/mol. The van der Waals surface area contributed by atoms with Gasteiger partial charge in [-0.05, 0) is 56.8 Å². The van der Waals surface area contributed by atoms with E-state index in [4.69, 9.17) is 28.4 Å². The molecule has 16 heteroatoms. The van der Waals surface area contributed by atoms with E-state index < -0.39 is 59.3 Å². The van der Waals surface area contributed by atoms with E-state index in [0.717, 1.165) is 12.0 Å². The minimum absolute atomic E-state index is 0.0537. The fourth-order valence-electron chi connectivity index (χ4n) is 7.02. The van der Waals surface area contributed by atoms with Crippen LogP contribution in [0, 0.1) is 28.1 Å². The van der Waals surface area contributed by atoms with Gasteiger partial charge in [0.2, 0.25) is 0 Å². The summed E-state index contributed by atoms with van der Waals surface area (Å²) in [5, 5.41) is 11.0. The first-order valence-corrected chi connectivity index (χ1v) is 19.4. The highest BCUT2D eigenvalue weighted by Crippen LogP contribution is 2.57. The molecular formula is C41H68N4O12. The Labute approximate surface area is 338 Å². The summed E-state index contributed by atoms with van der Waals surface area (Å²) in [6.07, 6.45) is -0.626. The standard InChI is InChI=1S/C41H68N4O12/c1-26(2)31(46)52-18-20-54-35(48)44-24-30(7)22-28(5)14-16-42-37(50)56-33-40(10,11)34(41(33,12)13)57-38(51)43-17-15-29(6)23-39(8,9)25-45-36(49)55-21-19-53-32(47)27(3)4/h28-29,33-34H,1,3,7,14-25H2,2,4-6,8-13H3,(H,42,50)(H,43,51)(H,44,48)(H,45,49)/t28?,29?,33-,34-. The molecule has 0 aromatic carbocycles. The van der Waals surface area contributed by atoms with Crippen LogP contribution in [-0.2, 0) is 38.0 Å². The SMILES string of the molecule is C=C(CNC(=O)OCCOC(=O)C(=C)C)CC(C)CCNC(=O)O[C@H]1C(C)(C)[C@H](OC(=O)NCCC(C)CC(C)(C)CNC(=O)OCCOC(=O)C(=C)C)C1(C)C. The number of alkyl carbamates (subject to hydrolysis) is 4. The molecule has 0 spiro atoms. The van der Waals surface area contributed by atoms with Crippen molar-refractivity contribution in [2.75, 3.05) is 52.6 Å². The minimum Gasteiger partial charge on any atom is -0.459 e. The van der Waals surface area contributed by atoms with E-state index in [2.05, 4.69) is 47.9 Å². The van der Waals surface area contributed by atoms with E-state index in [1.54, 1.807) is 0 Å². The Morgan fingerprint density at radius 1 is 0.614 bits per heavy atom. The summed E-state index contributed by atoms with van der Waals surface area (Å²) in [7, 11) is 0. The van der Waals surface area contributed by atoms with Gasteiger partial charge in [-0.25, -0.2) is 28.8 Å². The van der Waals surface area contributed by atoms with Gasteiger partial charge in [-0.3, -0.25) is 0 Å². The van der Waals surface area contributed by atoms with Crippen LogP contribution in [0.4, 0.5) is 19.2 Å². The van der Waals surface area contributed by atoms with Gasteiger partial charge in [0.05, 0.1) is 0 Å². The highest BCUT2D eigenvalue weighted by molar-refractivity contribution is 5.87. The zero-order chi connectivity index (χ0) is 43.6. The lowest BCUT2D eigenvalue weighted by molar-refractivity contribution is -0.244. The first-order chi connectivity index (χ1) is 26.4. The van der Waals surface area contributed by atoms with Gasteiger partial charge in [-0.1, -0.05) is 80.7 Å². The van der Waals surface area contributed by atoms with E-state index >= 15 is 0 Å². The fraction of sp³-hybridized carbons (Fsp3) is 0.707. The van der Waals surface area contributed by atoms with Gasteiger partial charge in [0.15, 0.2) is 0 Å². The fourth-order valence-corrected chi connectivity index (χ4v) is 7.02. The predicted molar refractivity (Wildman–Crippen MR) is 214 cm³/mol. The Balaban J connectivity index is 2.35. The van der Waals surface area contributed by atoms with Crippen molar-refractivity contribution < 1.29 is 57.2 Å². The Kier molecular flexibility index (Phi) is 20.7. The van der Waals surface area contributed by atoms with E-state index in [9.17, 15) is 28.8 Å². The van der Waals surface area contributed by atoms with Gasteiger partial charge >= 0.3 is 36.3 Å². The summed E-state index contributed by atoms with van der Waals surface area (Å²) in [5.41, 5.74) is -0.196. The molecular weight excluding hydrogens is 740 g/mol. The Bertz CT molecular complexity index is 1420. The average Bonchev–Trinajstić information content (AvgIpc) is 3.10. The first-order valence-electron chi connectivity index (χ1n) is 19.4. The number of hydrogen-bond acceptors (Lipinski definition) is 12. The third-order valence-corrected chi connectivity index (χ3v) is 9.49. The molecule has 1 rings (SSSR count). The van der Waals surface area contributed by atoms with Gasteiger partial charge in [-0.15, -0.1) is 0 Å². The van der Waals surface area contributed by atoms with Crippen LogP contribution in [0.2, 0.25) is 0 Å². The van der Waals surface area contributed by atoms with Crippen molar-refractivity contribution >= 4 is 36.3 Å². The van der Waals surface area contributed by atoms with Crippen LogP contribution in [-0.4, -0.2) is 101 Å². The summed E-state index contributed by atoms with van der Waals surface area (Å²) in [6, 6.07) is 0. The van der Waals surface area contributed by atoms with E-state index in [1.807, 2.05) is 48.5 Å². The Morgan fingerprint density at radius 2 is 1.02 bits per heavy atom. The Morgan fingerprint density at radius 3 is 1.46 bits per heavy atom. The second kappa shape index (κ2) is 23.5. The lowest BCUT2D eigenvalue weighted by Crippen LogP contribution is -2.70. The van der Waals surface area contributed by atoms with Gasteiger partial charge < -0.3 is 49.7 Å². The molecule has 16 nitrogen and oxygen atoms in total. The molecule has 0 aromatic heterocycles. The van der Waals surface area contributed by atoms with Gasteiger partial charge in [0.25, 0.3) is 0 Å². The summed E-state index contributed by atoms with van der Waals surface area (Å²) in [5.74, 6) is -0.707. The topological polar surface area (TPSA) is 206 Å². The lowest BCUT2D eigenvalue weighted by Gasteiger charge is -2.61. The molecule has 324 valence electrons. The highest BCUT2D eigenvalue weighted by atomic mass is 16.6. The summed E-state index contributed by atoms with van der Waals surface area (Å²) in [4.78, 5) is 72.3. The number of carbonyl (C=O) groups is 6. The number of nitrogens with one attached hydrogen (secondary N) is 4. The molecule has 0 saturated heterocycles. The molecule has 57 heavy (non-hydrogen) atoms. The van der Waals surface area contributed by atoms with E-state index in [-0.39, 0.29) is 61.4 Å². The number of rotatable bonds is 24. The van der Waals surface area contributed by atoms with Crippen molar-refractivity contribution in [3.05, 3.63) is 36.5 Å². The Hall–Kier alpha value is -4.76. The van der Waals surface area contributed by atoms with Crippen molar-refractivity contribution in [2.45, 2.75) is 107 Å². The van der Waals surface area contributed by atoms with Gasteiger partial charge in [-0.2, -0.15) is 0 Å². The molecule has 1 saturated carbocycles. The molecule has 1 aliphatic rings. The molecule has 2 atom stereocenters. The summed E-state index contributed by atoms with van der Waals surface area (Å²) >= 11 is 0. The third-order valence-electron chi connectivity index (χ3n) is 9.49. The number of hydrogen-bond donors (Lipinski definition) is 4. The van der Waals surface area contributed by atoms with Crippen LogP contribution in [0.3, 0.4) is 0 Å². The largest absolute Gasteiger partial charge is 0.459 e. The molecule has 1 fully saturated rings. The van der Waals surface area contributed by atoms with Crippen LogP contribution in [0.5, 0.6) is 0 Å². The smallest absolute Gasteiger partial charge is 0.407 e. The van der Waals surface area contributed by atoms with Crippen LogP contribution in [0.25, 0.3) is 0 Å². The maximum absolute atomic E-state index is 12.8. The zero-order valence-corrected chi connectivity index (χ0v) is 35.8. The van der Waals surface area contributed by atoms with Crippen LogP contribution < -0.4 is 21.3 Å². The second-order valence-corrected chi connectivity index (χ2v) is 17.0. The minimum atomic E-state index is -0.649. The van der Waals surface area contributed by atoms with E-state index in [0.29, 0.717) is 38.9 Å². The number of esters is 2. The molecule has 4 amide bonds. The van der Waals surface area contributed by atoms with Crippen molar-refractivity contribution in [2.24, 2.45) is 28.1 Å². The second-order valence-electron chi connectivity index (χ2n) is 17.0. The predicted octanol–water partition coefficient (Wildman–Crippen LogP) is 6.35. The zero-order valence-electron chi connectivity index (χ0n) is 35.8. The van der Waals surface area contributed by atoms with Crippen molar-refractivity contribution in [1.82, 2.24) is 21.3 Å². The van der Waals surface area contributed by atoms with Gasteiger partial charge in [0, 0.05) is 48.2 Å². The molecule has 0 bridgehead atoms. The normalized spacial score (nSPS) is 17.5.